The smallest absolute Gasteiger partial charge is 0.124 e. The third-order valence-corrected chi connectivity index (χ3v) is 3.25. The lowest BCUT2D eigenvalue weighted by atomic mass is 10.1. The van der Waals surface area contributed by atoms with Crippen molar-refractivity contribution in [2.24, 2.45) is 0 Å². The van der Waals surface area contributed by atoms with E-state index < -0.39 is 0 Å². The van der Waals surface area contributed by atoms with E-state index in [1.165, 1.54) is 0 Å². The van der Waals surface area contributed by atoms with E-state index in [2.05, 4.69) is 22.4 Å². The zero-order chi connectivity index (χ0) is 14.5. The molecule has 5 heteroatoms. The number of anilines is 1. The molecule has 1 aromatic carbocycles. The molecule has 0 spiro atoms. The standard InChI is InChI=1S/C15H21N3O2/c1-4-20-15-6-5-13(7-12(15)9-19)17-10(2)14-8-16-18-11(14)3/h5-8,10,17,19H,4,9H2,1-3H3,(H,16,18). The van der Waals surface area contributed by atoms with Crippen LogP contribution in [0.5, 0.6) is 5.75 Å². The number of aryl methyl sites for hydroxylation is 1. The number of ether oxygens (including phenoxy) is 1. The van der Waals surface area contributed by atoms with Gasteiger partial charge in [-0.3, -0.25) is 5.10 Å². The third kappa shape index (κ3) is 3.11. The Hall–Kier alpha value is -2.01. The van der Waals surface area contributed by atoms with Crippen LogP contribution in [0.2, 0.25) is 0 Å². The third-order valence-electron chi connectivity index (χ3n) is 3.25. The lowest BCUT2D eigenvalue weighted by molar-refractivity contribution is 0.267. The summed E-state index contributed by atoms with van der Waals surface area (Å²) in [4.78, 5) is 0. The van der Waals surface area contributed by atoms with Crippen LogP contribution in [0.4, 0.5) is 5.69 Å². The molecule has 108 valence electrons. The summed E-state index contributed by atoms with van der Waals surface area (Å²) in [6.45, 7) is 6.55. The molecule has 0 fully saturated rings. The highest BCUT2D eigenvalue weighted by Gasteiger charge is 2.11. The Morgan fingerprint density at radius 2 is 2.25 bits per heavy atom. The minimum Gasteiger partial charge on any atom is -0.494 e. The van der Waals surface area contributed by atoms with E-state index in [0.717, 1.165) is 28.3 Å². The maximum atomic E-state index is 9.41. The SMILES string of the molecule is CCOc1ccc(NC(C)c2cn[nH]c2C)cc1CO. The van der Waals surface area contributed by atoms with Crippen LogP contribution < -0.4 is 10.1 Å². The van der Waals surface area contributed by atoms with Crippen molar-refractivity contribution in [2.75, 3.05) is 11.9 Å². The van der Waals surface area contributed by atoms with Crippen molar-refractivity contribution < 1.29 is 9.84 Å². The van der Waals surface area contributed by atoms with E-state index in [-0.39, 0.29) is 12.6 Å². The van der Waals surface area contributed by atoms with Gasteiger partial charge in [0.2, 0.25) is 0 Å². The Morgan fingerprint density at radius 3 is 2.85 bits per heavy atom. The first-order valence-corrected chi connectivity index (χ1v) is 6.78. The predicted octanol–water partition coefficient (Wildman–Crippen LogP) is 2.78. The topological polar surface area (TPSA) is 70.2 Å². The fourth-order valence-electron chi connectivity index (χ4n) is 2.21. The minimum absolute atomic E-state index is 0.0377. The molecular weight excluding hydrogens is 254 g/mol. The van der Waals surface area contributed by atoms with E-state index >= 15 is 0 Å². The molecule has 0 aliphatic rings. The van der Waals surface area contributed by atoms with Crippen LogP contribution in [0.25, 0.3) is 0 Å². The maximum Gasteiger partial charge on any atom is 0.124 e. The van der Waals surface area contributed by atoms with E-state index in [0.29, 0.717) is 6.61 Å². The van der Waals surface area contributed by atoms with Crippen molar-refractivity contribution in [2.45, 2.75) is 33.4 Å². The van der Waals surface area contributed by atoms with Crippen molar-refractivity contribution in [1.82, 2.24) is 10.2 Å². The monoisotopic (exact) mass is 275 g/mol. The first-order valence-electron chi connectivity index (χ1n) is 6.78. The Labute approximate surface area is 119 Å². The van der Waals surface area contributed by atoms with Gasteiger partial charge in [0, 0.05) is 22.5 Å². The molecule has 0 radical (unpaired) electrons. The van der Waals surface area contributed by atoms with Crippen LogP contribution in [0, 0.1) is 6.92 Å². The zero-order valence-electron chi connectivity index (χ0n) is 12.1. The molecule has 1 heterocycles. The average molecular weight is 275 g/mol. The van der Waals surface area contributed by atoms with Gasteiger partial charge in [-0.05, 0) is 39.0 Å². The molecule has 2 rings (SSSR count). The van der Waals surface area contributed by atoms with Gasteiger partial charge >= 0.3 is 0 Å². The summed E-state index contributed by atoms with van der Waals surface area (Å²) in [6, 6.07) is 5.89. The molecule has 3 N–H and O–H groups in total. The molecule has 0 saturated carbocycles. The molecule has 0 aliphatic carbocycles. The van der Waals surface area contributed by atoms with Gasteiger partial charge in [-0.25, -0.2) is 0 Å². The van der Waals surface area contributed by atoms with Crippen LogP contribution in [-0.2, 0) is 6.61 Å². The minimum atomic E-state index is -0.0377. The van der Waals surface area contributed by atoms with Gasteiger partial charge in [0.1, 0.15) is 5.75 Å². The summed E-state index contributed by atoms with van der Waals surface area (Å²) in [5, 5.41) is 19.8. The summed E-state index contributed by atoms with van der Waals surface area (Å²) in [5.41, 5.74) is 3.92. The molecule has 1 aromatic heterocycles. The maximum absolute atomic E-state index is 9.41. The molecule has 1 atom stereocenters. The summed E-state index contributed by atoms with van der Waals surface area (Å²) in [7, 11) is 0. The summed E-state index contributed by atoms with van der Waals surface area (Å²) < 4.78 is 5.48. The molecule has 2 aromatic rings. The Bertz CT molecular complexity index is 566. The molecule has 0 aliphatic heterocycles. The fourth-order valence-corrected chi connectivity index (χ4v) is 2.21. The van der Waals surface area contributed by atoms with E-state index in [1.54, 1.807) is 0 Å². The number of aromatic nitrogens is 2. The largest absolute Gasteiger partial charge is 0.494 e. The van der Waals surface area contributed by atoms with E-state index in [1.807, 2.05) is 38.2 Å². The van der Waals surface area contributed by atoms with Gasteiger partial charge < -0.3 is 15.2 Å². The van der Waals surface area contributed by atoms with Gasteiger partial charge in [-0.1, -0.05) is 0 Å². The summed E-state index contributed by atoms with van der Waals surface area (Å²) >= 11 is 0. The number of nitrogens with zero attached hydrogens (tertiary/aromatic N) is 1. The van der Waals surface area contributed by atoms with Gasteiger partial charge in [0.05, 0.1) is 25.5 Å². The lowest BCUT2D eigenvalue weighted by Crippen LogP contribution is -2.08. The Morgan fingerprint density at radius 1 is 1.45 bits per heavy atom. The van der Waals surface area contributed by atoms with Crippen molar-refractivity contribution in [3.8, 4) is 5.75 Å². The van der Waals surface area contributed by atoms with Crippen LogP contribution in [0.3, 0.4) is 0 Å². The van der Waals surface area contributed by atoms with Gasteiger partial charge in [0.15, 0.2) is 0 Å². The number of H-pyrrole nitrogens is 1. The van der Waals surface area contributed by atoms with Crippen molar-refractivity contribution in [3.05, 3.63) is 41.2 Å². The normalized spacial score (nSPS) is 12.2. The molecule has 0 bridgehead atoms. The van der Waals surface area contributed by atoms with Crippen LogP contribution >= 0.6 is 0 Å². The molecule has 20 heavy (non-hydrogen) atoms. The Kier molecular flexibility index (Phi) is 4.63. The van der Waals surface area contributed by atoms with Crippen LogP contribution in [0.1, 0.15) is 36.7 Å². The fraction of sp³-hybridized carbons (Fsp3) is 0.400. The van der Waals surface area contributed by atoms with Crippen LogP contribution in [-0.4, -0.2) is 21.9 Å². The summed E-state index contributed by atoms with van der Waals surface area (Å²) in [5.74, 6) is 0.729. The predicted molar refractivity (Wildman–Crippen MR) is 78.9 cm³/mol. The van der Waals surface area contributed by atoms with Crippen molar-refractivity contribution in [3.63, 3.8) is 0 Å². The van der Waals surface area contributed by atoms with Crippen molar-refractivity contribution in [1.29, 1.82) is 0 Å². The number of hydrogen-bond acceptors (Lipinski definition) is 4. The number of nitrogens with one attached hydrogen (secondary N) is 2. The zero-order valence-corrected chi connectivity index (χ0v) is 12.1. The average Bonchev–Trinajstić information content (AvgIpc) is 2.87. The van der Waals surface area contributed by atoms with Gasteiger partial charge in [-0.15, -0.1) is 0 Å². The number of aromatic amines is 1. The number of rotatable bonds is 6. The molecule has 5 nitrogen and oxygen atoms in total. The molecule has 0 saturated heterocycles. The van der Waals surface area contributed by atoms with Crippen LogP contribution in [0.15, 0.2) is 24.4 Å². The van der Waals surface area contributed by atoms with Crippen molar-refractivity contribution >= 4 is 5.69 Å². The van der Waals surface area contributed by atoms with Gasteiger partial charge in [0.25, 0.3) is 0 Å². The molecular formula is C15H21N3O2. The first-order chi connectivity index (χ1) is 9.65. The molecule has 0 amide bonds. The number of hydrogen-bond donors (Lipinski definition) is 3. The highest BCUT2D eigenvalue weighted by atomic mass is 16.5. The van der Waals surface area contributed by atoms with E-state index in [9.17, 15) is 5.11 Å². The number of aliphatic hydroxyl groups is 1. The Balaban J connectivity index is 2.15. The highest BCUT2D eigenvalue weighted by molar-refractivity contribution is 5.52. The lowest BCUT2D eigenvalue weighted by Gasteiger charge is -2.17. The molecule has 1 unspecified atom stereocenters. The quantitative estimate of drug-likeness (QED) is 0.758. The second kappa shape index (κ2) is 6.43. The second-order valence-corrected chi connectivity index (χ2v) is 4.73. The highest BCUT2D eigenvalue weighted by Crippen LogP contribution is 2.26. The summed E-state index contributed by atoms with van der Waals surface area (Å²) in [6.07, 6.45) is 1.83. The number of aliphatic hydroxyl groups excluding tert-OH is 1. The first kappa shape index (κ1) is 14.4. The van der Waals surface area contributed by atoms with Gasteiger partial charge in [-0.2, -0.15) is 5.10 Å². The van der Waals surface area contributed by atoms with E-state index in [4.69, 9.17) is 4.74 Å². The second-order valence-electron chi connectivity index (χ2n) is 4.73. The number of benzene rings is 1.